The molecule has 0 spiro atoms. The van der Waals surface area contributed by atoms with Crippen molar-refractivity contribution in [3.8, 4) is 0 Å². The lowest BCUT2D eigenvalue weighted by Gasteiger charge is -2.25. The van der Waals surface area contributed by atoms with Crippen LogP contribution in [-0.2, 0) is 4.74 Å². The van der Waals surface area contributed by atoms with E-state index < -0.39 is 6.10 Å². The van der Waals surface area contributed by atoms with E-state index in [4.69, 9.17) is 4.74 Å². The van der Waals surface area contributed by atoms with Crippen LogP contribution in [0.15, 0.2) is 16.8 Å². The highest BCUT2D eigenvalue weighted by molar-refractivity contribution is 7.07. The van der Waals surface area contributed by atoms with Crippen LogP contribution in [0.3, 0.4) is 0 Å². The van der Waals surface area contributed by atoms with Gasteiger partial charge >= 0.3 is 0 Å². The third-order valence-corrected chi connectivity index (χ3v) is 2.87. The Morgan fingerprint density at radius 3 is 2.77 bits per heavy atom. The third-order valence-electron chi connectivity index (χ3n) is 2.17. The van der Waals surface area contributed by atoms with Crippen molar-refractivity contribution < 1.29 is 9.84 Å². The van der Waals surface area contributed by atoms with Crippen molar-refractivity contribution in [1.82, 2.24) is 0 Å². The number of thiophene rings is 1. The predicted octanol–water partition coefficient (Wildman–Crippen LogP) is 2.60. The summed E-state index contributed by atoms with van der Waals surface area (Å²) in [4.78, 5) is 0. The first kappa shape index (κ1) is 10.7. The summed E-state index contributed by atoms with van der Waals surface area (Å²) in [6.07, 6.45) is 0.210. The lowest BCUT2D eigenvalue weighted by molar-refractivity contribution is -0.0200. The molecule has 3 heteroatoms. The van der Waals surface area contributed by atoms with Crippen LogP contribution >= 0.6 is 11.3 Å². The Morgan fingerprint density at radius 2 is 2.31 bits per heavy atom. The number of rotatable bonds is 4. The Hall–Kier alpha value is -0.380. The van der Waals surface area contributed by atoms with Gasteiger partial charge in [0.1, 0.15) is 0 Å². The number of hydrogen-bond acceptors (Lipinski definition) is 3. The van der Waals surface area contributed by atoms with Crippen LogP contribution in [0, 0.1) is 0 Å². The van der Waals surface area contributed by atoms with Gasteiger partial charge in [-0.1, -0.05) is 0 Å². The molecule has 1 aromatic rings. The fraction of sp³-hybridized carbons (Fsp3) is 0.600. The van der Waals surface area contributed by atoms with Crippen molar-refractivity contribution in [1.29, 1.82) is 0 Å². The number of aliphatic hydroxyl groups excluding tert-OH is 1. The van der Waals surface area contributed by atoms with Gasteiger partial charge in [0.25, 0.3) is 0 Å². The van der Waals surface area contributed by atoms with Gasteiger partial charge in [0, 0.05) is 13.5 Å². The molecule has 1 atom stereocenters. The molecule has 0 saturated carbocycles. The van der Waals surface area contributed by atoms with Crippen molar-refractivity contribution in [3.05, 3.63) is 22.4 Å². The molecule has 0 saturated heterocycles. The number of ether oxygens (including phenoxy) is 1. The molecule has 1 aromatic heterocycles. The number of methoxy groups -OCH3 is 1. The standard InChI is InChI=1S/C10H16O2S/c1-10(2,12-3)6-9(11)8-4-5-13-7-8/h4-5,7,9,11H,6H2,1-3H3. The van der Waals surface area contributed by atoms with Crippen LogP contribution in [0.1, 0.15) is 31.9 Å². The summed E-state index contributed by atoms with van der Waals surface area (Å²) in [5.41, 5.74) is 0.719. The Kier molecular flexibility index (Phi) is 3.47. The molecule has 1 heterocycles. The molecular weight excluding hydrogens is 184 g/mol. The summed E-state index contributed by atoms with van der Waals surface area (Å²) in [6, 6.07) is 1.95. The largest absolute Gasteiger partial charge is 0.388 e. The highest BCUT2D eigenvalue weighted by atomic mass is 32.1. The molecule has 0 fully saturated rings. The zero-order valence-corrected chi connectivity index (χ0v) is 9.10. The molecule has 0 aliphatic rings. The van der Waals surface area contributed by atoms with E-state index in [1.54, 1.807) is 18.4 Å². The third kappa shape index (κ3) is 3.10. The van der Waals surface area contributed by atoms with Gasteiger partial charge in [0.2, 0.25) is 0 Å². The molecular formula is C10H16O2S. The summed E-state index contributed by atoms with van der Waals surface area (Å²) in [5, 5.41) is 13.7. The zero-order chi connectivity index (χ0) is 9.90. The van der Waals surface area contributed by atoms with Gasteiger partial charge in [0.05, 0.1) is 11.7 Å². The maximum absolute atomic E-state index is 9.80. The quantitative estimate of drug-likeness (QED) is 0.809. The normalized spacial score (nSPS) is 14.5. The van der Waals surface area contributed by atoms with Crippen LogP contribution in [0.2, 0.25) is 0 Å². The molecule has 0 radical (unpaired) electrons. The van der Waals surface area contributed by atoms with Gasteiger partial charge in [-0.15, -0.1) is 0 Å². The van der Waals surface area contributed by atoms with E-state index in [-0.39, 0.29) is 5.60 Å². The van der Waals surface area contributed by atoms with Gasteiger partial charge in [-0.05, 0) is 36.2 Å². The van der Waals surface area contributed by atoms with E-state index in [0.717, 1.165) is 5.56 Å². The monoisotopic (exact) mass is 200 g/mol. The van der Waals surface area contributed by atoms with E-state index in [1.807, 2.05) is 30.7 Å². The van der Waals surface area contributed by atoms with Crippen LogP contribution in [0.25, 0.3) is 0 Å². The van der Waals surface area contributed by atoms with Gasteiger partial charge in [-0.3, -0.25) is 0 Å². The van der Waals surface area contributed by atoms with Gasteiger partial charge in [-0.25, -0.2) is 0 Å². The maximum Gasteiger partial charge on any atom is 0.0825 e. The molecule has 2 nitrogen and oxygen atoms in total. The van der Waals surface area contributed by atoms with Crippen molar-refractivity contribution in [2.24, 2.45) is 0 Å². The maximum atomic E-state index is 9.80. The van der Waals surface area contributed by atoms with Gasteiger partial charge in [-0.2, -0.15) is 11.3 Å². The summed E-state index contributed by atoms with van der Waals surface area (Å²) in [7, 11) is 1.67. The van der Waals surface area contributed by atoms with Crippen LogP contribution in [0.4, 0.5) is 0 Å². The average molecular weight is 200 g/mol. The van der Waals surface area contributed by atoms with Crippen LogP contribution in [-0.4, -0.2) is 17.8 Å². The summed E-state index contributed by atoms with van der Waals surface area (Å²) in [6.45, 7) is 3.95. The van der Waals surface area contributed by atoms with E-state index in [2.05, 4.69) is 0 Å². The summed E-state index contributed by atoms with van der Waals surface area (Å²) < 4.78 is 5.25. The van der Waals surface area contributed by atoms with E-state index in [1.165, 1.54) is 0 Å². The molecule has 1 N–H and O–H groups in total. The van der Waals surface area contributed by atoms with Crippen molar-refractivity contribution in [2.45, 2.75) is 32.0 Å². The Balaban J connectivity index is 2.56. The highest BCUT2D eigenvalue weighted by Gasteiger charge is 2.22. The molecule has 0 aromatic carbocycles. The molecule has 0 aliphatic carbocycles. The molecule has 1 unspecified atom stereocenters. The van der Waals surface area contributed by atoms with Crippen LogP contribution in [0.5, 0.6) is 0 Å². The van der Waals surface area contributed by atoms with Gasteiger partial charge < -0.3 is 9.84 Å². The Bertz CT molecular complexity index is 241. The number of aliphatic hydroxyl groups is 1. The highest BCUT2D eigenvalue weighted by Crippen LogP contribution is 2.26. The minimum absolute atomic E-state index is 0.263. The van der Waals surface area contributed by atoms with Gasteiger partial charge in [0.15, 0.2) is 0 Å². The summed E-state index contributed by atoms with van der Waals surface area (Å²) in [5.74, 6) is 0. The molecule has 0 bridgehead atoms. The SMILES string of the molecule is COC(C)(C)CC(O)c1ccsc1. The fourth-order valence-corrected chi connectivity index (χ4v) is 1.84. The van der Waals surface area contributed by atoms with Crippen molar-refractivity contribution >= 4 is 11.3 Å². The minimum Gasteiger partial charge on any atom is -0.388 e. The number of hydrogen-bond donors (Lipinski definition) is 1. The Labute approximate surface area is 83.2 Å². The van der Waals surface area contributed by atoms with Crippen molar-refractivity contribution in [2.75, 3.05) is 7.11 Å². The minimum atomic E-state index is -0.416. The topological polar surface area (TPSA) is 29.5 Å². The smallest absolute Gasteiger partial charge is 0.0825 e. The second-order valence-electron chi connectivity index (χ2n) is 3.74. The second-order valence-corrected chi connectivity index (χ2v) is 4.52. The van der Waals surface area contributed by atoms with Crippen molar-refractivity contribution in [3.63, 3.8) is 0 Å². The molecule has 13 heavy (non-hydrogen) atoms. The predicted molar refractivity (Wildman–Crippen MR) is 55.0 cm³/mol. The lowest BCUT2D eigenvalue weighted by atomic mass is 9.97. The molecule has 74 valence electrons. The Morgan fingerprint density at radius 1 is 1.62 bits per heavy atom. The first-order chi connectivity index (χ1) is 6.05. The summed E-state index contributed by atoms with van der Waals surface area (Å²) >= 11 is 1.60. The van der Waals surface area contributed by atoms with E-state index >= 15 is 0 Å². The average Bonchev–Trinajstić information content (AvgIpc) is 2.55. The zero-order valence-electron chi connectivity index (χ0n) is 8.28. The van der Waals surface area contributed by atoms with E-state index in [9.17, 15) is 5.11 Å². The molecule has 1 rings (SSSR count). The first-order valence-electron chi connectivity index (χ1n) is 4.30. The molecule has 0 amide bonds. The first-order valence-corrected chi connectivity index (χ1v) is 5.25. The second kappa shape index (κ2) is 4.22. The van der Waals surface area contributed by atoms with Crippen LogP contribution < -0.4 is 0 Å². The lowest BCUT2D eigenvalue weighted by Crippen LogP contribution is -2.25. The van der Waals surface area contributed by atoms with E-state index in [0.29, 0.717) is 6.42 Å². The fourth-order valence-electron chi connectivity index (χ4n) is 1.13. The molecule has 0 aliphatic heterocycles.